The van der Waals surface area contributed by atoms with Crippen molar-refractivity contribution < 1.29 is 5.11 Å². The summed E-state index contributed by atoms with van der Waals surface area (Å²) in [5.41, 5.74) is 0. The molecule has 0 aliphatic carbocycles. The SMILES string of the molecule is Cc1nnc(SCCCCO)n1C. The Morgan fingerprint density at radius 2 is 2.15 bits per heavy atom. The molecule has 0 aromatic carbocycles. The summed E-state index contributed by atoms with van der Waals surface area (Å²) in [5, 5.41) is 17.5. The van der Waals surface area contributed by atoms with E-state index < -0.39 is 0 Å². The van der Waals surface area contributed by atoms with Gasteiger partial charge in [0, 0.05) is 19.4 Å². The number of aliphatic hydroxyl groups is 1. The summed E-state index contributed by atoms with van der Waals surface area (Å²) in [6.07, 6.45) is 1.89. The molecule has 0 aliphatic rings. The molecule has 5 heteroatoms. The molecule has 0 saturated carbocycles. The smallest absolute Gasteiger partial charge is 0.190 e. The van der Waals surface area contributed by atoms with Gasteiger partial charge < -0.3 is 9.67 Å². The van der Waals surface area contributed by atoms with E-state index in [9.17, 15) is 0 Å². The van der Waals surface area contributed by atoms with Gasteiger partial charge in [0.1, 0.15) is 5.82 Å². The lowest BCUT2D eigenvalue weighted by atomic mass is 10.4. The van der Waals surface area contributed by atoms with Gasteiger partial charge in [0.15, 0.2) is 5.16 Å². The zero-order valence-corrected chi connectivity index (χ0v) is 8.84. The summed E-state index contributed by atoms with van der Waals surface area (Å²) in [6, 6.07) is 0. The number of aryl methyl sites for hydroxylation is 1. The maximum atomic E-state index is 8.58. The average molecular weight is 201 g/mol. The molecule has 0 saturated heterocycles. The van der Waals surface area contributed by atoms with Gasteiger partial charge in [-0.1, -0.05) is 11.8 Å². The molecule has 0 fully saturated rings. The molecule has 1 aromatic rings. The third-order valence-corrected chi connectivity index (χ3v) is 2.94. The second-order valence-corrected chi connectivity index (χ2v) is 3.93. The lowest BCUT2D eigenvalue weighted by molar-refractivity contribution is 0.287. The fraction of sp³-hybridized carbons (Fsp3) is 0.750. The summed E-state index contributed by atoms with van der Waals surface area (Å²) in [6.45, 7) is 2.21. The number of thioether (sulfide) groups is 1. The van der Waals surface area contributed by atoms with Crippen molar-refractivity contribution >= 4 is 11.8 Å². The van der Waals surface area contributed by atoms with Crippen LogP contribution in [0.2, 0.25) is 0 Å². The van der Waals surface area contributed by atoms with Crippen LogP contribution in [0, 0.1) is 6.92 Å². The molecule has 0 amide bonds. The first-order valence-corrected chi connectivity index (χ1v) is 5.34. The average Bonchev–Trinajstić information content (AvgIpc) is 2.43. The van der Waals surface area contributed by atoms with Crippen LogP contribution < -0.4 is 0 Å². The number of nitrogens with zero attached hydrogens (tertiary/aromatic N) is 3. The van der Waals surface area contributed by atoms with Crippen molar-refractivity contribution in [1.82, 2.24) is 14.8 Å². The van der Waals surface area contributed by atoms with E-state index in [4.69, 9.17) is 5.11 Å². The molecule has 1 rings (SSSR count). The third-order valence-electron chi connectivity index (χ3n) is 1.84. The van der Waals surface area contributed by atoms with E-state index in [-0.39, 0.29) is 6.61 Å². The van der Waals surface area contributed by atoms with Crippen LogP contribution in [0.4, 0.5) is 0 Å². The van der Waals surface area contributed by atoms with Gasteiger partial charge in [0.05, 0.1) is 0 Å². The molecule has 1 N–H and O–H groups in total. The Morgan fingerprint density at radius 1 is 1.38 bits per heavy atom. The maximum Gasteiger partial charge on any atom is 0.190 e. The van der Waals surface area contributed by atoms with Crippen molar-refractivity contribution in [3.8, 4) is 0 Å². The van der Waals surface area contributed by atoms with Crippen LogP contribution in [-0.4, -0.2) is 32.2 Å². The largest absolute Gasteiger partial charge is 0.396 e. The van der Waals surface area contributed by atoms with Crippen LogP contribution in [0.3, 0.4) is 0 Å². The van der Waals surface area contributed by atoms with Crippen LogP contribution in [0.1, 0.15) is 18.7 Å². The normalized spacial score (nSPS) is 10.7. The Hall–Kier alpha value is -0.550. The van der Waals surface area contributed by atoms with E-state index in [0.29, 0.717) is 0 Å². The van der Waals surface area contributed by atoms with Gasteiger partial charge in [-0.3, -0.25) is 0 Å². The van der Waals surface area contributed by atoms with Crippen molar-refractivity contribution in [2.45, 2.75) is 24.9 Å². The molecule has 0 atom stereocenters. The second kappa shape index (κ2) is 5.24. The Bertz CT molecular complexity index is 262. The van der Waals surface area contributed by atoms with Crippen molar-refractivity contribution in [1.29, 1.82) is 0 Å². The van der Waals surface area contributed by atoms with Crippen molar-refractivity contribution in [2.75, 3.05) is 12.4 Å². The number of aromatic nitrogens is 3. The summed E-state index contributed by atoms with van der Waals surface area (Å²) >= 11 is 1.69. The highest BCUT2D eigenvalue weighted by Crippen LogP contribution is 2.16. The standard InChI is InChI=1S/C8H15N3OS/c1-7-9-10-8(11(7)2)13-6-4-3-5-12/h12H,3-6H2,1-2H3. The number of rotatable bonds is 5. The van der Waals surface area contributed by atoms with E-state index in [1.165, 1.54) is 0 Å². The highest BCUT2D eigenvalue weighted by molar-refractivity contribution is 7.99. The molecule has 1 aromatic heterocycles. The topological polar surface area (TPSA) is 50.9 Å². The highest BCUT2D eigenvalue weighted by Gasteiger charge is 2.03. The molecule has 13 heavy (non-hydrogen) atoms. The Labute approximate surface area is 82.4 Å². The molecular formula is C8H15N3OS. The lowest BCUT2D eigenvalue weighted by Gasteiger charge is -2.00. The van der Waals surface area contributed by atoms with E-state index in [1.807, 2.05) is 18.5 Å². The zero-order valence-electron chi connectivity index (χ0n) is 8.03. The fourth-order valence-electron chi connectivity index (χ4n) is 0.891. The molecule has 0 unspecified atom stereocenters. The van der Waals surface area contributed by atoms with Gasteiger partial charge in [-0.15, -0.1) is 10.2 Å². The van der Waals surface area contributed by atoms with Crippen molar-refractivity contribution in [3.63, 3.8) is 0 Å². The van der Waals surface area contributed by atoms with E-state index in [2.05, 4.69) is 10.2 Å². The van der Waals surface area contributed by atoms with Gasteiger partial charge in [0.2, 0.25) is 0 Å². The Balaban J connectivity index is 2.32. The first kappa shape index (κ1) is 10.5. The molecule has 0 spiro atoms. The first-order chi connectivity index (χ1) is 6.25. The summed E-state index contributed by atoms with van der Waals surface area (Å²) in [4.78, 5) is 0. The predicted octanol–water partition coefficient (Wildman–Crippen LogP) is 0.988. The van der Waals surface area contributed by atoms with Gasteiger partial charge >= 0.3 is 0 Å². The van der Waals surface area contributed by atoms with Crippen LogP contribution in [-0.2, 0) is 7.05 Å². The number of hydrogen-bond acceptors (Lipinski definition) is 4. The Kier molecular flexibility index (Phi) is 4.24. The maximum absolute atomic E-state index is 8.58. The molecule has 0 aliphatic heterocycles. The van der Waals surface area contributed by atoms with Gasteiger partial charge in [0.25, 0.3) is 0 Å². The lowest BCUT2D eigenvalue weighted by Crippen LogP contribution is -1.94. The zero-order chi connectivity index (χ0) is 9.68. The number of hydrogen-bond donors (Lipinski definition) is 1. The summed E-state index contributed by atoms with van der Waals surface area (Å²) in [7, 11) is 1.96. The molecule has 1 heterocycles. The minimum absolute atomic E-state index is 0.276. The minimum Gasteiger partial charge on any atom is -0.396 e. The van der Waals surface area contributed by atoms with Gasteiger partial charge in [-0.25, -0.2) is 0 Å². The number of unbranched alkanes of at least 4 members (excludes halogenated alkanes) is 1. The van der Waals surface area contributed by atoms with Crippen LogP contribution in [0.15, 0.2) is 5.16 Å². The van der Waals surface area contributed by atoms with Crippen molar-refractivity contribution in [3.05, 3.63) is 5.82 Å². The molecule has 4 nitrogen and oxygen atoms in total. The number of aliphatic hydroxyl groups excluding tert-OH is 1. The second-order valence-electron chi connectivity index (χ2n) is 2.87. The molecule has 0 bridgehead atoms. The third kappa shape index (κ3) is 3.00. The van der Waals surface area contributed by atoms with Crippen LogP contribution in [0.25, 0.3) is 0 Å². The van der Waals surface area contributed by atoms with Crippen LogP contribution >= 0.6 is 11.8 Å². The molecule has 0 radical (unpaired) electrons. The van der Waals surface area contributed by atoms with Crippen molar-refractivity contribution in [2.24, 2.45) is 7.05 Å². The highest BCUT2D eigenvalue weighted by atomic mass is 32.2. The monoisotopic (exact) mass is 201 g/mol. The van der Waals surface area contributed by atoms with E-state index in [0.717, 1.165) is 29.6 Å². The first-order valence-electron chi connectivity index (χ1n) is 4.35. The summed E-state index contributed by atoms with van der Waals surface area (Å²) in [5.74, 6) is 1.93. The van der Waals surface area contributed by atoms with E-state index >= 15 is 0 Å². The van der Waals surface area contributed by atoms with E-state index in [1.54, 1.807) is 11.8 Å². The molecular weight excluding hydrogens is 186 g/mol. The fourth-order valence-corrected chi connectivity index (χ4v) is 1.85. The Morgan fingerprint density at radius 3 is 2.69 bits per heavy atom. The van der Waals surface area contributed by atoms with Gasteiger partial charge in [-0.05, 0) is 19.8 Å². The quantitative estimate of drug-likeness (QED) is 0.570. The van der Waals surface area contributed by atoms with Crippen LogP contribution in [0.5, 0.6) is 0 Å². The van der Waals surface area contributed by atoms with Gasteiger partial charge in [-0.2, -0.15) is 0 Å². The minimum atomic E-state index is 0.276. The predicted molar refractivity (Wildman–Crippen MR) is 52.8 cm³/mol. The molecule has 74 valence electrons. The summed E-state index contributed by atoms with van der Waals surface area (Å²) < 4.78 is 1.98.